The van der Waals surface area contributed by atoms with Gasteiger partial charge in [-0.05, 0) is 58.8 Å². The number of aryl methyl sites for hydroxylation is 2. The molecule has 0 amide bonds. The third-order valence-electron chi connectivity index (χ3n) is 7.36. The predicted molar refractivity (Wildman–Crippen MR) is 141 cm³/mol. The maximum atomic E-state index is 7.64. The second-order valence-electron chi connectivity index (χ2n) is 10.7. The highest BCUT2D eigenvalue weighted by Crippen LogP contribution is 2.41. The standard InChI is InChI=1S/C30H29N4/c1-17(2)20-9-11-24-22(14-20)21-10-8-18(3)26-28(21)34(24)25-13-19(15-30(4,5)31-6)12-23-27(25)29(26)33(7)16-32-23/h8-14,16-17H,15H2,1-5,7H3/q+1. The Kier molecular flexibility index (Phi) is 4.23. The zero-order chi connectivity index (χ0) is 23.9. The largest absolute Gasteiger partial charge is 0.311 e. The minimum atomic E-state index is -0.452. The first-order chi connectivity index (χ1) is 16.2. The minimum Gasteiger partial charge on any atom is -0.311 e. The fourth-order valence-corrected chi connectivity index (χ4v) is 5.65. The Morgan fingerprint density at radius 3 is 2.56 bits per heavy atom. The zero-order valence-electron chi connectivity index (χ0n) is 20.7. The number of nitrogens with zero attached hydrogens (tertiary/aromatic N) is 4. The fraction of sp³-hybridized carbons (Fsp3) is 0.300. The lowest BCUT2D eigenvalue weighted by Crippen LogP contribution is -2.30. The van der Waals surface area contributed by atoms with E-state index in [4.69, 9.17) is 11.6 Å². The summed E-state index contributed by atoms with van der Waals surface area (Å²) in [6.45, 7) is 18.4. The molecule has 6 rings (SSSR count). The number of hydrogen-bond acceptors (Lipinski definition) is 1. The van der Waals surface area contributed by atoms with Gasteiger partial charge in [-0.3, -0.25) is 0 Å². The van der Waals surface area contributed by atoms with Crippen LogP contribution in [0.2, 0.25) is 0 Å². The van der Waals surface area contributed by atoms with Crippen LogP contribution in [0.5, 0.6) is 0 Å². The number of fused-ring (bicyclic) bond motifs is 5. The molecule has 0 aliphatic carbocycles. The van der Waals surface area contributed by atoms with Crippen molar-refractivity contribution in [1.82, 2.24) is 9.38 Å². The monoisotopic (exact) mass is 445 g/mol. The van der Waals surface area contributed by atoms with Gasteiger partial charge in [-0.15, -0.1) is 0 Å². The Hall–Kier alpha value is -3.71. The van der Waals surface area contributed by atoms with E-state index >= 15 is 0 Å². The third kappa shape index (κ3) is 2.77. The van der Waals surface area contributed by atoms with Gasteiger partial charge < -0.3 is 9.25 Å². The van der Waals surface area contributed by atoms with Crippen LogP contribution in [0.15, 0.2) is 48.8 Å². The SMILES string of the molecule is [C-]#[N+]C(C)(C)Cc1cc2nc[n+](C)c3c4c(C)ccc5c6cc(C(C)C)ccc6n(c(c1)c23)c54. The molecule has 0 N–H and O–H groups in total. The molecule has 0 aliphatic heterocycles. The lowest BCUT2D eigenvalue weighted by Gasteiger charge is -2.15. The van der Waals surface area contributed by atoms with Gasteiger partial charge >= 0.3 is 0 Å². The molecule has 3 aromatic carbocycles. The predicted octanol–water partition coefficient (Wildman–Crippen LogP) is 6.88. The molecule has 0 aliphatic rings. The van der Waals surface area contributed by atoms with E-state index in [-0.39, 0.29) is 0 Å². The van der Waals surface area contributed by atoms with E-state index in [0.717, 1.165) is 11.1 Å². The summed E-state index contributed by atoms with van der Waals surface area (Å²) >= 11 is 0. The van der Waals surface area contributed by atoms with Crippen molar-refractivity contribution in [2.24, 2.45) is 7.05 Å². The molecule has 3 heterocycles. The number of benzene rings is 3. The van der Waals surface area contributed by atoms with Gasteiger partial charge in [0, 0.05) is 30.0 Å². The van der Waals surface area contributed by atoms with Crippen LogP contribution in [0.4, 0.5) is 0 Å². The first-order valence-corrected chi connectivity index (χ1v) is 12.0. The quantitative estimate of drug-likeness (QED) is 0.126. The van der Waals surface area contributed by atoms with Gasteiger partial charge in [0.25, 0.3) is 6.33 Å². The second-order valence-corrected chi connectivity index (χ2v) is 10.7. The van der Waals surface area contributed by atoms with Crippen LogP contribution in [0, 0.1) is 13.5 Å². The van der Waals surface area contributed by atoms with Crippen LogP contribution in [0.3, 0.4) is 0 Å². The minimum absolute atomic E-state index is 0.452. The van der Waals surface area contributed by atoms with Gasteiger partial charge in [0.2, 0.25) is 5.54 Å². The normalized spacial score (nSPS) is 12.8. The summed E-state index contributed by atoms with van der Waals surface area (Å²) in [7, 11) is 2.09. The van der Waals surface area contributed by atoms with Crippen LogP contribution in [-0.4, -0.2) is 14.9 Å². The maximum Gasteiger partial charge on any atom is 0.287 e. The van der Waals surface area contributed by atoms with Crippen LogP contribution >= 0.6 is 0 Å². The van der Waals surface area contributed by atoms with Crippen molar-refractivity contribution >= 4 is 49.1 Å². The molecule has 6 aromatic rings. The number of pyridine rings is 1. The van der Waals surface area contributed by atoms with Crippen molar-refractivity contribution in [2.45, 2.75) is 52.5 Å². The van der Waals surface area contributed by atoms with Crippen molar-refractivity contribution in [3.05, 3.63) is 76.9 Å². The Bertz CT molecular complexity index is 1810. The number of hydrogen-bond donors (Lipinski definition) is 0. The van der Waals surface area contributed by atoms with Crippen LogP contribution in [0.1, 0.15) is 50.3 Å². The summed E-state index contributed by atoms with van der Waals surface area (Å²) in [5.41, 5.74) is 9.21. The molecule has 0 radical (unpaired) electrons. The second kappa shape index (κ2) is 6.90. The van der Waals surface area contributed by atoms with Gasteiger partial charge in [-0.1, -0.05) is 32.0 Å². The Morgan fingerprint density at radius 2 is 1.82 bits per heavy atom. The van der Waals surface area contributed by atoms with Crippen molar-refractivity contribution in [2.75, 3.05) is 0 Å². The van der Waals surface area contributed by atoms with Crippen LogP contribution in [0.25, 0.3) is 54.0 Å². The molecule has 4 nitrogen and oxygen atoms in total. The first-order valence-electron chi connectivity index (χ1n) is 12.0. The summed E-state index contributed by atoms with van der Waals surface area (Å²) < 4.78 is 4.61. The number of rotatable bonds is 3. The first kappa shape index (κ1) is 20.9. The van der Waals surface area contributed by atoms with Crippen LogP contribution < -0.4 is 4.57 Å². The Balaban J connectivity index is 1.90. The molecule has 0 unspecified atom stereocenters. The molecule has 168 valence electrons. The lowest BCUT2D eigenvalue weighted by atomic mass is 9.93. The summed E-state index contributed by atoms with van der Waals surface area (Å²) in [4.78, 5) is 8.71. The topological polar surface area (TPSA) is 25.5 Å². The highest BCUT2D eigenvalue weighted by molar-refractivity contribution is 6.25. The maximum absolute atomic E-state index is 7.64. The van der Waals surface area contributed by atoms with E-state index in [9.17, 15) is 0 Å². The smallest absolute Gasteiger partial charge is 0.287 e. The van der Waals surface area contributed by atoms with E-state index in [2.05, 4.69) is 84.1 Å². The van der Waals surface area contributed by atoms with Crippen molar-refractivity contribution in [3.8, 4) is 0 Å². The molecule has 0 saturated heterocycles. The van der Waals surface area contributed by atoms with E-state index in [1.54, 1.807) is 0 Å². The summed E-state index contributed by atoms with van der Waals surface area (Å²) in [6, 6.07) is 15.9. The molecule has 3 aromatic heterocycles. The average molecular weight is 446 g/mol. The zero-order valence-corrected chi connectivity index (χ0v) is 20.7. The van der Waals surface area contributed by atoms with Crippen molar-refractivity contribution in [3.63, 3.8) is 0 Å². The molecular formula is C30H29N4+. The van der Waals surface area contributed by atoms with Crippen molar-refractivity contribution < 1.29 is 4.57 Å². The Morgan fingerprint density at radius 1 is 1.03 bits per heavy atom. The van der Waals surface area contributed by atoms with E-state index < -0.39 is 5.54 Å². The van der Waals surface area contributed by atoms with Crippen molar-refractivity contribution in [1.29, 1.82) is 0 Å². The highest BCUT2D eigenvalue weighted by atomic mass is 15.0. The molecule has 0 bridgehead atoms. The molecule has 0 atom stereocenters. The van der Waals surface area contributed by atoms with E-state index in [0.29, 0.717) is 12.3 Å². The molecule has 0 fully saturated rings. The van der Waals surface area contributed by atoms with Crippen LogP contribution in [-0.2, 0) is 13.5 Å². The molecule has 0 saturated carbocycles. The van der Waals surface area contributed by atoms with Gasteiger partial charge in [0.1, 0.15) is 5.52 Å². The lowest BCUT2D eigenvalue weighted by molar-refractivity contribution is -0.646. The highest BCUT2D eigenvalue weighted by Gasteiger charge is 2.27. The van der Waals surface area contributed by atoms with E-state index in [1.807, 2.05) is 20.2 Å². The van der Waals surface area contributed by atoms with Gasteiger partial charge in [-0.25, -0.2) is 11.1 Å². The summed E-state index contributed by atoms with van der Waals surface area (Å²) in [5.74, 6) is 0.475. The fourth-order valence-electron chi connectivity index (χ4n) is 5.65. The molecular weight excluding hydrogens is 416 g/mol. The number of aromatic nitrogens is 3. The Labute approximate surface area is 199 Å². The van der Waals surface area contributed by atoms with Gasteiger partial charge in [0.15, 0.2) is 5.52 Å². The van der Waals surface area contributed by atoms with Gasteiger partial charge in [-0.2, -0.15) is 0 Å². The molecule has 0 spiro atoms. The molecule has 34 heavy (non-hydrogen) atoms. The van der Waals surface area contributed by atoms with E-state index in [1.165, 1.54) is 54.7 Å². The molecule has 4 heteroatoms. The average Bonchev–Trinajstić information content (AvgIpc) is 3.13. The summed E-state index contributed by atoms with van der Waals surface area (Å²) in [5, 5.41) is 5.06. The van der Waals surface area contributed by atoms with Gasteiger partial charge in [0.05, 0.1) is 35.4 Å². The summed E-state index contributed by atoms with van der Waals surface area (Å²) in [6.07, 6.45) is 2.62. The third-order valence-corrected chi connectivity index (χ3v) is 7.36.